The minimum absolute atomic E-state index is 0.0846. The summed E-state index contributed by atoms with van der Waals surface area (Å²) in [4.78, 5) is 29.6. The van der Waals surface area contributed by atoms with Crippen molar-refractivity contribution in [3.8, 4) is 34.6 Å². The molecule has 2 aliphatic rings. The van der Waals surface area contributed by atoms with Crippen LogP contribution in [0.2, 0.25) is 0 Å². The van der Waals surface area contributed by atoms with Crippen LogP contribution in [0.15, 0.2) is 61.1 Å². The van der Waals surface area contributed by atoms with Gasteiger partial charge in [-0.3, -0.25) is 4.79 Å². The molecular formula is C32H33N7O2. The molecule has 1 amide bonds. The lowest BCUT2D eigenvalue weighted by molar-refractivity contribution is -0.125. The number of nitrogens with zero attached hydrogens (tertiary/aromatic N) is 6. The third-order valence-electron chi connectivity index (χ3n) is 7.85. The Kier molecular flexibility index (Phi) is 6.93. The molecule has 1 unspecified atom stereocenters. The van der Waals surface area contributed by atoms with Gasteiger partial charge in [0.2, 0.25) is 11.8 Å². The van der Waals surface area contributed by atoms with Crippen LogP contribution in [0, 0.1) is 36.5 Å². The van der Waals surface area contributed by atoms with E-state index in [1.54, 1.807) is 12.3 Å². The Bertz CT molecular complexity index is 1700. The topological polar surface area (TPSA) is 102 Å². The van der Waals surface area contributed by atoms with Gasteiger partial charge in [-0.2, -0.15) is 0 Å². The molecule has 9 nitrogen and oxygen atoms in total. The second kappa shape index (κ2) is 10.7. The SMILES string of the molecule is Cc1ccnc(Oc2ccc(-c3c(C#CC4[C@H]5CN(C(=O)/C=C/CN(C)C)C[C@@H]45)n(C)c4ncnc(N)c34)cc2)c1. The van der Waals surface area contributed by atoms with Gasteiger partial charge in [-0.15, -0.1) is 0 Å². The number of carbonyl (C=O) groups excluding carboxylic acids is 1. The molecule has 1 aliphatic heterocycles. The van der Waals surface area contributed by atoms with Gasteiger partial charge in [-0.25, -0.2) is 15.0 Å². The fourth-order valence-corrected chi connectivity index (χ4v) is 5.62. The molecule has 0 radical (unpaired) electrons. The van der Waals surface area contributed by atoms with Gasteiger partial charge in [0.05, 0.1) is 5.39 Å². The van der Waals surface area contributed by atoms with Crippen LogP contribution in [0.25, 0.3) is 22.2 Å². The number of benzene rings is 1. The van der Waals surface area contributed by atoms with Gasteiger partial charge < -0.3 is 24.8 Å². The molecule has 208 valence electrons. The summed E-state index contributed by atoms with van der Waals surface area (Å²) in [5.74, 6) is 9.83. The lowest BCUT2D eigenvalue weighted by Crippen LogP contribution is -2.30. The lowest BCUT2D eigenvalue weighted by atomic mass is 10.0. The third-order valence-corrected chi connectivity index (χ3v) is 7.85. The highest BCUT2D eigenvalue weighted by atomic mass is 16.5. The Labute approximate surface area is 239 Å². The van der Waals surface area contributed by atoms with E-state index in [1.165, 1.54) is 6.33 Å². The first kappa shape index (κ1) is 26.5. The number of nitrogen functional groups attached to an aromatic ring is 1. The maximum absolute atomic E-state index is 12.5. The van der Waals surface area contributed by atoms with Gasteiger partial charge in [-0.1, -0.05) is 24.1 Å². The lowest BCUT2D eigenvalue weighted by Gasteiger charge is -2.16. The van der Waals surface area contributed by atoms with Gasteiger partial charge in [0.1, 0.15) is 29.2 Å². The summed E-state index contributed by atoms with van der Waals surface area (Å²) in [6, 6.07) is 11.7. The maximum atomic E-state index is 12.5. The van der Waals surface area contributed by atoms with Crippen molar-refractivity contribution in [1.82, 2.24) is 29.3 Å². The normalized spacial score (nSPS) is 19.4. The molecule has 2 fully saturated rings. The Morgan fingerprint density at radius 2 is 1.90 bits per heavy atom. The molecule has 41 heavy (non-hydrogen) atoms. The van der Waals surface area contributed by atoms with Gasteiger partial charge in [-0.05, 0) is 68.1 Å². The van der Waals surface area contributed by atoms with Crippen LogP contribution in [0.1, 0.15) is 11.3 Å². The number of aryl methyl sites for hydroxylation is 2. The zero-order valence-electron chi connectivity index (χ0n) is 23.7. The zero-order chi connectivity index (χ0) is 28.7. The molecule has 1 aliphatic carbocycles. The number of nitrogens with two attached hydrogens (primary N) is 1. The van der Waals surface area contributed by atoms with Crippen molar-refractivity contribution in [3.63, 3.8) is 0 Å². The molecule has 4 aromatic rings. The number of piperidine rings is 1. The van der Waals surface area contributed by atoms with Gasteiger partial charge in [0, 0.05) is 56.5 Å². The predicted molar refractivity (Wildman–Crippen MR) is 159 cm³/mol. The maximum Gasteiger partial charge on any atom is 0.246 e. The summed E-state index contributed by atoms with van der Waals surface area (Å²) in [6.45, 7) is 4.27. The summed E-state index contributed by atoms with van der Waals surface area (Å²) in [6.07, 6.45) is 6.81. The average Bonchev–Trinajstić information content (AvgIpc) is 3.24. The van der Waals surface area contributed by atoms with E-state index >= 15 is 0 Å². The monoisotopic (exact) mass is 547 g/mol. The van der Waals surface area contributed by atoms with E-state index in [0.29, 0.717) is 29.3 Å². The predicted octanol–water partition coefficient (Wildman–Crippen LogP) is 3.89. The molecule has 1 saturated carbocycles. The summed E-state index contributed by atoms with van der Waals surface area (Å²) in [5.41, 5.74) is 10.9. The quantitative estimate of drug-likeness (QED) is 0.289. The van der Waals surface area contributed by atoms with Crippen molar-refractivity contribution in [1.29, 1.82) is 0 Å². The number of hydrogen-bond donors (Lipinski definition) is 1. The fraction of sp³-hybridized carbons (Fsp3) is 0.312. The minimum atomic E-state index is 0.0846. The molecule has 4 heterocycles. The van der Waals surface area contributed by atoms with Crippen molar-refractivity contribution in [2.75, 3.05) is 39.5 Å². The van der Waals surface area contributed by atoms with Crippen LogP contribution in [-0.2, 0) is 11.8 Å². The molecular weight excluding hydrogens is 514 g/mol. The van der Waals surface area contributed by atoms with Crippen LogP contribution in [0.5, 0.6) is 11.6 Å². The standard InChI is InChI=1S/C32H33N7O2/c1-20-13-14-34-27(16-20)41-22-9-7-21(8-10-22)29-26(38(4)32-30(29)31(33)35-19-36-32)12-11-23-24-17-39(18-25(23)24)28(40)6-5-15-37(2)3/h5-10,13-14,16,19,23-25H,15,17-18H2,1-4H3,(H2,33,35,36)/b6-5+/t23?,24-,25+. The largest absolute Gasteiger partial charge is 0.439 e. The zero-order valence-corrected chi connectivity index (χ0v) is 23.7. The first-order chi connectivity index (χ1) is 19.8. The van der Waals surface area contributed by atoms with E-state index in [9.17, 15) is 4.79 Å². The molecule has 9 heteroatoms. The number of aromatic nitrogens is 4. The summed E-state index contributed by atoms with van der Waals surface area (Å²) in [5, 5.41) is 0.783. The number of anilines is 1. The fourth-order valence-electron chi connectivity index (χ4n) is 5.62. The number of carbonyl (C=O) groups is 1. The number of likely N-dealkylation sites (tertiary alicyclic amines) is 1. The van der Waals surface area contributed by atoms with E-state index in [1.807, 2.05) is 84.9 Å². The van der Waals surface area contributed by atoms with Crippen molar-refractivity contribution < 1.29 is 9.53 Å². The third kappa shape index (κ3) is 5.26. The van der Waals surface area contributed by atoms with E-state index < -0.39 is 0 Å². The van der Waals surface area contributed by atoms with Gasteiger partial charge in [0.25, 0.3) is 0 Å². The Balaban J connectivity index is 1.25. The van der Waals surface area contributed by atoms with E-state index in [4.69, 9.17) is 10.5 Å². The highest BCUT2D eigenvalue weighted by molar-refractivity contribution is 6.03. The average molecular weight is 548 g/mol. The minimum Gasteiger partial charge on any atom is -0.439 e. The van der Waals surface area contributed by atoms with Gasteiger partial charge >= 0.3 is 0 Å². The second-order valence-corrected chi connectivity index (χ2v) is 11.1. The highest BCUT2D eigenvalue weighted by Gasteiger charge is 2.55. The van der Waals surface area contributed by atoms with Gasteiger partial charge in [0.15, 0.2) is 0 Å². The first-order valence-electron chi connectivity index (χ1n) is 13.7. The van der Waals surface area contributed by atoms with Crippen molar-refractivity contribution in [3.05, 3.63) is 72.3 Å². The van der Waals surface area contributed by atoms with E-state index in [2.05, 4.69) is 26.8 Å². The number of likely N-dealkylation sites (N-methyl/N-ethyl adjacent to an activating group) is 1. The molecule has 1 aromatic carbocycles. The van der Waals surface area contributed by atoms with Crippen LogP contribution in [0.4, 0.5) is 5.82 Å². The number of fused-ring (bicyclic) bond motifs is 2. The summed E-state index contributed by atoms with van der Waals surface area (Å²) >= 11 is 0. The van der Waals surface area contributed by atoms with E-state index in [-0.39, 0.29) is 11.8 Å². The molecule has 3 aromatic heterocycles. The Hall–Kier alpha value is -4.68. The number of hydrogen-bond acceptors (Lipinski definition) is 7. The molecule has 6 rings (SSSR count). The van der Waals surface area contributed by atoms with Crippen LogP contribution >= 0.6 is 0 Å². The van der Waals surface area contributed by atoms with Crippen molar-refractivity contribution in [2.24, 2.45) is 24.8 Å². The Morgan fingerprint density at radius 1 is 1.15 bits per heavy atom. The van der Waals surface area contributed by atoms with Crippen LogP contribution in [0.3, 0.4) is 0 Å². The molecule has 3 atom stereocenters. The highest BCUT2D eigenvalue weighted by Crippen LogP contribution is 2.51. The summed E-state index contributed by atoms with van der Waals surface area (Å²) in [7, 11) is 5.93. The van der Waals surface area contributed by atoms with Crippen molar-refractivity contribution >= 4 is 22.8 Å². The first-order valence-corrected chi connectivity index (χ1v) is 13.7. The molecule has 1 saturated heterocycles. The molecule has 0 bridgehead atoms. The van der Waals surface area contributed by atoms with Crippen LogP contribution in [-0.4, -0.2) is 69.0 Å². The number of amides is 1. The second-order valence-electron chi connectivity index (χ2n) is 11.1. The van der Waals surface area contributed by atoms with E-state index in [0.717, 1.165) is 53.1 Å². The summed E-state index contributed by atoms with van der Waals surface area (Å²) < 4.78 is 7.94. The number of rotatable bonds is 6. The molecule has 2 N–H and O–H groups in total. The number of pyridine rings is 1. The smallest absolute Gasteiger partial charge is 0.246 e. The number of ether oxygens (including phenoxy) is 1. The molecule has 0 spiro atoms. The van der Waals surface area contributed by atoms with Crippen molar-refractivity contribution in [2.45, 2.75) is 6.92 Å². The Morgan fingerprint density at radius 3 is 2.61 bits per heavy atom. The van der Waals surface area contributed by atoms with Crippen LogP contribution < -0.4 is 10.5 Å².